The molecule has 3 N–H and O–H groups in total. The zero-order chi connectivity index (χ0) is 12.6. The summed E-state index contributed by atoms with van der Waals surface area (Å²) >= 11 is 0. The maximum atomic E-state index is 11.0. The minimum Gasteiger partial charge on any atom is -0.396 e. The van der Waals surface area contributed by atoms with E-state index in [9.17, 15) is 4.79 Å². The predicted molar refractivity (Wildman–Crippen MR) is 66.2 cm³/mol. The molecule has 0 spiro atoms. The fraction of sp³-hybridized carbons (Fsp3) is 0.917. The molecule has 1 unspecified atom stereocenters. The van der Waals surface area contributed by atoms with Crippen LogP contribution >= 0.6 is 0 Å². The average molecular weight is 230 g/mol. The van der Waals surface area contributed by atoms with Crippen LogP contribution in [0.2, 0.25) is 0 Å². The summed E-state index contributed by atoms with van der Waals surface area (Å²) in [4.78, 5) is 11.0. The summed E-state index contributed by atoms with van der Waals surface area (Å²) in [5.74, 6) is 0.0799. The van der Waals surface area contributed by atoms with Gasteiger partial charge in [0, 0.05) is 26.1 Å². The van der Waals surface area contributed by atoms with Crippen LogP contribution in [0.3, 0.4) is 0 Å². The van der Waals surface area contributed by atoms with Crippen LogP contribution in [0.5, 0.6) is 0 Å². The first-order valence-corrected chi connectivity index (χ1v) is 5.96. The Morgan fingerprint density at radius 3 is 2.44 bits per heavy atom. The van der Waals surface area contributed by atoms with Crippen molar-refractivity contribution in [2.45, 2.75) is 46.1 Å². The molecule has 0 aromatic heterocycles. The first kappa shape index (κ1) is 15.4. The van der Waals surface area contributed by atoms with Crippen LogP contribution in [0.1, 0.15) is 40.0 Å². The van der Waals surface area contributed by atoms with E-state index in [4.69, 9.17) is 5.11 Å². The first-order chi connectivity index (χ1) is 7.41. The van der Waals surface area contributed by atoms with Crippen LogP contribution in [-0.4, -0.2) is 37.3 Å². The summed E-state index contributed by atoms with van der Waals surface area (Å²) in [6, 6.07) is 0.294. The average Bonchev–Trinajstić information content (AvgIpc) is 2.20. The Morgan fingerprint density at radius 1 is 1.38 bits per heavy atom. The molecule has 1 amide bonds. The van der Waals surface area contributed by atoms with E-state index in [0.29, 0.717) is 12.5 Å². The number of nitrogens with one attached hydrogen (secondary N) is 2. The monoisotopic (exact) mass is 230 g/mol. The molecular formula is C12H26N2O2. The molecule has 0 heterocycles. The molecule has 1 atom stereocenters. The highest BCUT2D eigenvalue weighted by molar-refractivity contribution is 5.75. The summed E-state index contributed by atoms with van der Waals surface area (Å²) in [7, 11) is 1.65. The van der Waals surface area contributed by atoms with E-state index in [-0.39, 0.29) is 17.9 Å². The number of hydrogen-bond donors (Lipinski definition) is 3. The maximum absolute atomic E-state index is 11.0. The molecule has 0 bridgehead atoms. The molecular weight excluding hydrogens is 204 g/mol. The molecule has 0 aromatic rings. The van der Waals surface area contributed by atoms with Gasteiger partial charge in [0.2, 0.25) is 5.91 Å². The van der Waals surface area contributed by atoms with Crippen molar-refractivity contribution in [1.29, 1.82) is 0 Å². The van der Waals surface area contributed by atoms with Gasteiger partial charge >= 0.3 is 0 Å². The number of amides is 1. The third kappa shape index (κ3) is 6.80. The Balaban J connectivity index is 3.81. The van der Waals surface area contributed by atoms with E-state index in [0.717, 1.165) is 19.4 Å². The zero-order valence-electron chi connectivity index (χ0n) is 11.0. The van der Waals surface area contributed by atoms with Crippen molar-refractivity contribution >= 4 is 5.91 Å². The Labute approximate surface area is 98.8 Å². The minimum absolute atomic E-state index is 0.0799. The highest BCUT2D eigenvalue weighted by Gasteiger charge is 2.23. The topological polar surface area (TPSA) is 61.4 Å². The quantitative estimate of drug-likeness (QED) is 0.569. The highest BCUT2D eigenvalue weighted by atomic mass is 16.3. The van der Waals surface area contributed by atoms with Crippen molar-refractivity contribution in [3.63, 3.8) is 0 Å². The van der Waals surface area contributed by atoms with E-state index in [1.54, 1.807) is 7.05 Å². The van der Waals surface area contributed by atoms with E-state index in [1.807, 2.05) is 0 Å². The normalized spacial score (nSPS) is 13.6. The van der Waals surface area contributed by atoms with Crippen LogP contribution < -0.4 is 10.6 Å². The summed E-state index contributed by atoms with van der Waals surface area (Å²) in [6.07, 6.45) is 2.14. The van der Waals surface area contributed by atoms with Gasteiger partial charge in [-0.15, -0.1) is 0 Å². The lowest BCUT2D eigenvalue weighted by Gasteiger charge is -2.31. The molecule has 0 radical (unpaired) electrons. The smallest absolute Gasteiger partial charge is 0.219 e. The molecule has 0 aliphatic carbocycles. The van der Waals surface area contributed by atoms with Crippen molar-refractivity contribution in [2.24, 2.45) is 5.41 Å². The Bertz CT molecular complexity index is 200. The van der Waals surface area contributed by atoms with E-state index >= 15 is 0 Å². The molecule has 0 aliphatic rings. The predicted octanol–water partition coefficient (Wildman–Crippen LogP) is 0.899. The number of aliphatic hydroxyl groups is 1. The molecule has 0 saturated carbocycles. The number of hydrogen-bond acceptors (Lipinski definition) is 3. The van der Waals surface area contributed by atoms with Crippen molar-refractivity contribution in [2.75, 3.05) is 20.2 Å². The van der Waals surface area contributed by atoms with Crippen LogP contribution in [0.4, 0.5) is 0 Å². The minimum atomic E-state index is 0.0799. The SMILES string of the molecule is CNC(=O)CCCNC(CCO)C(C)(C)C. The summed E-state index contributed by atoms with van der Waals surface area (Å²) < 4.78 is 0. The summed E-state index contributed by atoms with van der Waals surface area (Å²) in [6.45, 7) is 7.47. The van der Waals surface area contributed by atoms with Crippen molar-refractivity contribution < 1.29 is 9.90 Å². The van der Waals surface area contributed by atoms with Gasteiger partial charge < -0.3 is 15.7 Å². The molecule has 16 heavy (non-hydrogen) atoms. The van der Waals surface area contributed by atoms with Crippen molar-refractivity contribution in [3.05, 3.63) is 0 Å². The fourth-order valence-corrected chi connectivity index (χ4v) is 1.62. The molecule has 4 nitrogen and oxygen atoms in total. The van der Waals surface area contributed by atoms with Crippen LogP contribution in [0.25, 0.3) is 0 Å². The largest absolute Gasteiger partial charge is 0.396 e. The molecule has 0 fully saturated rings. The molecule has 0 saturated heterocycles. The lowest BCUT2D eigenvalue weighted by atomic mass is 9.85. The van der Waals surface area contributed by atoms with Gasteiger partial charge in [-0.05, 0) is 24.8 Å². The second-order valence-corrected chi connectivity index (χ2v) is 5.16. The van der Waals surface area contributed by atoms with E-state index < -0.39 is 0 Å². The molecule has 96 valence electrons. The fourth-order valence-electron chi connectivity index (χ4n) is 1.62. The zero-order valence-corrected chi connectivity index (χ0v) is 11.0. The molecule has 0 aromatic carbocycles. The highest BCUT2D eigenvalue weighted by Crippen LogP contribution is 2.21. The van der Waals surface area contributed by atoms with Crippen molar-refractivity contribution in [3.8, 4) is 0 Å². The number of carbonyl (C=O) groups is 1. The van der Waals surface area contributed by atoms with Gasteiger partial charge in [0.15, 0.2) is 0 Å². The number of aliphatic hydroxyl groups excluding tert-OH is 1. The van der Waals surface area contributed by atoms with Gasteiger partial charge in [0.1, 0.15) is 0 Å². The standard InChI is InChI=1S/C12H26N2O2/c1-12(2,3)10(7-9-15)14-8-5-6-11(16)13-4/h10,14-15H,5-9H2,1-4H3,(H,13,16). The van der Waals surface area contributed by atoms with E-state index in [2.05, 4.69) is 31.4 Å². The maximum Gasteiger partial charge on any atom is 0.219 e. The second kappa shape index (κ2) is 7.63. The second-order valence-electron chi connectivity index (χ2n) is 5.16. The third-order valence-electron chi connectivity index (χ3n) is 2.71. The van der Waals surface area contributed by atoms with Gasteiger partial charge in [0.25, 0.3) is 0 Å². The number of carbonyl (C=O) groups excluding carboxylic acids is 1. The third-order valence-corrected chi connectivity index (χ3v) is 2.71. The Morgan fingerprint density at radius 2 is 2.00 bits per heavy atom. The molecule has 0 aliphatic heterocycles. The van der Waals surface area contributed by atoms with Gasteiger partial charge in [-0.3, -0.25) is 4.79 Å². The Hall–Kier alpha value is -0.610. The van der Waals surface area contributed by atoms with E-state index in [1.165, 1.54) is 0 Å². The van der Waals surface area contributed by atoms with Crippen LogP contribution in [0.15, 0.2) is 0 Å². The van der Waals surface area contributed by atoms with Crippen molar-refractivity contribution in [1.82, 2.24) is 10.6 Å². The lowest BCUT2D eigenvalue weighted by molar-refractivity contribution is -0.120. The summed E-state index contributed by atoms with van der Waals surface area (Å²) in [5.41, 5.74) is 0.135. The Kier molecular flexibility index (Phi) is 7.34. The van der Waals surface area contributed by atoms with Gasteiger partial charge in [-0.2, -0.15) is 0 Å². The first-order valence-electron chi connectivity index (χ1n) is 5.96. The summed E-state index contributed by atoms with van der Waals surface area (Å²) in [5, 5.41) is 15.0. The van der Waals surface area contributed by atoms with Gasteiger partial charge in [-0.25, -0.2) is 0 Å². The van der Waals surface area contributed by atoms with Crippen LogP contribution in [0, 0.1) is 5.41 Å². The molecule has 0 rings (SSSR count). The van der Waals surface area contributed by atoms with Gasteiger partial charge in [-0.1, -0.05) is 20.8 Å². The number of rotatable bonds is 7. The molecule has 4 heteroatoms. The lowest BCUT2D eigenvalue weighted by Crippen LogP contribution is -2.41. The van der Waals surface area contributed by atoms with Crippen LogP contribution in [-0.2, 0) is 4.79 Å². The van der Waals surface area contributed by atoms with Gasteiger partial charge in [0.05, 0.1) is 0 Å².